The highest BCUT2D eigenvalue weighted by atomic mass is 16.2. The molecule has 6 nitrogen and oxygen atoms in total. The molecule has 0 saturated carbocycles. The van der Waals surface area contributed by atoms with E-state index in [4.69, 9.17) is 0 Å². The minimum atomic E-state index is 0.105. The van der Waals surface area contributed by atoms with Crippen LogP contribution < -0.4 is 5.32 Å². The Bertz CT molecular complexity index is 781. The summed E-state index contributed by atoms with van der Waals surface area (Å²) in [4.78, 5) is 19.7. The Balaban J connectivity index is 1.65. The quantitative estimate of drug-likeness (QED) is 0.919. The summed E-state index contributed by atoms with van der Waals surface area (Å²) in [6.45, 7) is 7.73. The first-order chi connectivity index (χ1) is 11.5. The monoisotopic (exact) mass is 327 g/mol. The third-order valence-corrected chi connectivity index (χ3v) is 5.29. The van der Waals surface area contributed by atoms with Gasteiger partial charge in [-0.3, -0.25) is 4.79 Å². The van der Waals surface area contributed by atoms with E-state index in [2.05, 4.69) is 29.2 Å². The molecule has 4 rings (SSSR count). The van der Waals surface area contributed by atoms with E-state index >= 15 is 0 Å². The van der Waals surface area contributed by atoms with Gasteiger partial charge in [-0.2, -0.15) is 5.10 Å². The van der Waals surface area contributed by atoms with Gasteiger partial charge in [-0.25, -0.2) is 9.67 Å². The Hall–Kier alpha value is -1.95. The summed E-state index contributed by atoms with van der Waals surface area (Å²) < 4.78 is 1.91. The number of aromatic nitrogens is 3. The van der Waals surface area contributed by atoms with Gasteiger partial charge in [-0.05, 0) is 46.1 Å². The van der Waals surface area contributed by atoms with Crippen LogP contribution in [0.3, 0.4) is 0 Å². The smallest absolute Gasteiger partial charge is 0.255 e. The second kappa shape index (κ2) is 5.84. The molecule has 6 heteroatoms. The molecule has 2 aromatic rings. The van der Waals surface area contributed by atoms with Crippen LogP contribution in [0.15, 0.2) is 12.3 Å². The number of nitrogens with one attached hydrogen (secondary N) is 1. The van der Waals surface area contributed by atoms with Gasteiger partial charge < -0.3 is 10.2 Å². The van der Waals surface area contributed by atoms with E-state index in [0.717, 1.165) is 36.2 Å². The Morgan fingerprint density at radius 1 is 1.29 bits per heavy atom. The van der Waals surface area contributed by atoms with Crippen LogP contribution in [0.25, 0.3) is 11.0 Å². The standard InChI is InChI=1S/C18H25N5O/c1-11(2)23-17-13(9-19-23)8-16(12(3)20-17)18(24)22-7-6-14-4-5-15(10-22)21-14/h8-9,11,14-15,21H,4-7,10H2,1-3H3. The molecule has 2 aliphatic heterocycles. The highest BCUT2D eigenvalue weighted by Crippen LogP contribution is 2.24. The Morgan fingerprint density at radius 3 is 2.88 bits per heavy atom. The lowest BCUT2D eigenvalue weighted by Gasteiger charge is -2.25. The summed E-state index contributed by atoms with van der Waals surface area (Å²) in [6, 6.07) is 3.24. The molecule has 2 atom stereocenters. The first-order valence-corrected chi connectivity index (χ1v) is 8.93. The highest BCUT2D eigenvalue weighted by Gasteiger charge is 2.32. The van der Waals surface area contributed by atoms with E-state index in [9.17, 15) is 4.79 Å². The van der Waals surface area contributed by atoms with Crippen LogP contribution in [-0.4, -0.2) is 50.7 Å². The average molecular weight is 327 g/mol. The fourth-order valence-corrected chi connectivity index (χ4v) is 3.96. The topological polar surface area (TPSA) is 63.1 Å². The van der Waals surface area contributed by atoms with Gasteiger partial charge in [0.15, 0.2) is 5.65 Å². The maximum absolute atomic E-state index is 13.1. The third kappa shape index (κ3) is 2.59. The van der Waals surface area contributed by atoms with Gasteiger partial charge in [-0.15, -0.1) is 0 Å². The molecule has 0 aliphatic carbocycles. The Morgan fingerprint density at radius 2 is 2.08 bits per heavy atom. The maximum Gasteiger partial charge on any atom is 0.255 e. The number of pyridine rings is 1. The van der Waals surface area contributed by atoms with E-state index in [1.54, 1.807) is 0 Å². The molecule has 1 N–H and O–H groups in total. The molecular weight excluding hydrogens is 302 g/mol. The normalized spacial score (nSPS) is 23.9. The predicted molar refractivity (Wildman–Crippen MR) is 93.1 cm³/mol. The molecule has 0 aromatic carbocycles. The summed E-state index contributed by atoms with van der Waals surface area (Å²) in [5, 5.41) is 8.98. The third-order valence-electron chi connectivity index (χ3n) is 5.29. The van der Waals surface area contributed by atoms with Crippen LogP contribution in [0.1, 0.15) is 55.2 Å². The molecule has 2 bridgehead atoms. The number of rotatable bonds is 2. The number of hydrogen-bond acceptors (Lipinski definition) is 4. The van der Waals surface area contributed by atoms with Gasteiger partial charge in [0.1, 0.15) is 0 Å². The maximum atomic E-state index is 13.1. The molecule has 2 unspecified atom stereocenters. The van der Waals surface area contributed by atoms with Crippen molar-refractivity contribution in [3.8, 4) is 0 Å². The molecule has 0 radical (unpaired) electrons. The van der Waals surface area contributed by atoms with E-state index in [1.807, 2.05) is 28.8 Å². The molecule has 2 fully saturated rings. The zero-order valence-electron chi connectivity index (χ0n) is 14.6. The van der Waals surface area contributed by atoms with Crippen LogP contribution in [0.2, 0.25) is 0 Å². The number of aryl methyl sites for hydroxylation is 1. The zero-order valence-corrected chi connectivity index (χ0v) is 14.6. The molecule has 1 amide bonds. The van der Waals surface area contributed by atoms with E-state index in [1.165, 1.54) is 12.8 Å². The number of likely N-dealkylation sites (tertiary alicyclic amines) is 1. The lowest BCUT2D eigenvalue weighted by Crippen LogP contribution is -2.39. The minimum Gasteiger partial charge on any atom is -0.337 e. The number of carbonyl (C=O) groups excluding carboxylic acids is 1. The van der Waals surface area contributed by atoms with Crippen LogP contribution in [0.5, 0.6) is 0 Å². The van der Waals surface area contributed by atoms with Crippen molar-refractivity contribution in [1.82, 2.24) is 25.0 Å². The Labute approximate surface area is 142 Å². The van der Waals surface area contributed by atoms with Gasteiger partial charge in [0, 0.05) is 36.6 Å². The SMILES string of the molecule is Cc1nc2c(cnn2C(C)C)cc1C(=O)N1CCC2CCC(C1)N2. The molecule has 2 aliphatic rings. The van der Waals surface area contributed by atoms with Gasteiger partial charge in [-0.1, -0.05) is 0 Å². The number of fused-ring (bicyclic) bond motifs is 3. The fraction of sp³-hybridized carbons (Fsp3) is 0.611. The Kier molecular flexibility index (Phi) is 3.79. The second-order valence-corrected chi connectivity index (χ2v) is 7.39. The predicted octanol–water partition coefficient (Wildman–Crippen LogP) is 2.29. The molecule has 2 aromatic heterocycles. The van der Waals surface area contributed by atoms with E-state index in [-0.39, 0.29) is 11.9 Å². The van der Waals surface area contributed by atoms with Crippen molar-refractivity contribution in [3.05, 3.63) is 23.5 Å². The zero-order chi connectivity index (χ0) is 16.8. The molecule has 128 valence electrons. The largest absolute Gasteiger partial charge is 0.337 e. The van der Waals surface area contributed by atoms with Crippen molar-refractivity contribution in [2.24, 2.45) is 0 Å². The molecule has 0 spiro atoms. The van der Waals surface area contributed by atoms with Gasteiger partial charge in [0.25, 0.3) is 5.91 Å². The van der Waals surface area contributed by atoms with Gasteiger partial charge in [0.2, 0.25) is 0 Å². The summed E-state index contributed by atoms with van der Waals surface area (Å²) in [7, 11) is 0. The first kappa shape index (κ1) is 15.6. The first-order valence-electron chi connectivity index (χ1n) is 8.93. The number of hydrogen-bond donors (Lipinski definition) is 1. The van der Waals surface area contributed by atoms with Crippen molar-refractivity contribution >= 4 is 16.9 Å². The number of amides is 1. The van der Waals surface area contributed by atoms with Crippen molar-refractivity contribution in [3.63, 3.8) is 0 Å². The number of nitrogens with zero attached hydrogens (tertiary/aromatic N) is 4. The van der Waals surface area contributed by atoms with Gasteiger partial charge in [0.05, 0.1) is 17.5 Å². The fourth-order valence-electron chi connectivity index (χ4n) is 3.96. The van der Waals surface area contributed by atoms with Gasteiger partial charge >= 0.3 is 0 Å². The van der Waals surface area contributed by atoms with Crippen molar-refractivity contribution in [1.29, 1.82) is 0 Å². The molecular formula is C18H25N5O. The van der Waals surface area contributed by atoms with Crippen LogP contribution in [-0.2, 0) is 0 Å². The van der Waals surface area contributed by atoms with Crippen molar-refractivity contribution < 1.29 is 4.79 Å². The van der Waals surface area contributed by atoms with E-state index in [0.29, 0.717) is 17.6 Å². The highest BCUT2D eigenvalue weighted by molar-refractivity contribution is 5.98. The molecule has 2 saturated heterocycles. The number of carbonyl (C=O) groups is 1. The van der Waals surface area contributed by atoms with Crippen LogP contribution >= 0.6 is 0 Å². The summed E-state index contributed by atoms with van der Waals surface area (Å²) in [5.41, 5.74) is 2.36. The van der Waals surface area contributed by atoms with E-state index < -0.39 is 0 Å². The molecule has 4 heterocycles. The summed E-state index contributed by atoms with van der Waals surface area (Å²) in [5.74, 6) is 0.105. The van der Waals surface area contributed by atoms with Crippen LogP contribution in [0.4, 0.5) is 0 Å². The second-order valence-electron chi connectivity index (χ2n) is 7.39. The lowest BCUT2D eigenvalue weighted by molar-refractivity contribution is 0.0747. The van der Waals surface area contributed by atoms with Crippen molar-refractivity contribution in [2.45, 2.75) is 58.2 Å². The van der Waals surface area contributed by atoms with Crippen LogP contribution in [0, 0.1) is 6.92 Å². The van der Waals surface area contributed by atoms with Crippen molar-refractivity contribution in [2.75, 3.05) is 13.1 Å². The summed E-state index contributed by atoms with van der Waals surface area (Å²) >= 11 is 0. The average Bonchev–Trinajstić information content (AvgIpc) is 3.08. The lowest BCUT2D eigenvalue weighted by atomic mass is 10.1. The minimum absolute atomic E-state index is 0.105. The summed E-state index contributed by atoms with van der Waals surface area (Å²) in [6.07, 6.45) is 5.27. The molecule has 24 heavy (non-hydrogen) atoms.